The zero-order valence-electron chi connectivity index (χ0n) is 7.76. The summed E-state index contributed by atoms with van der Waals surface area (Å²) < 4.78 is 61.1. The summed E-state index contributed by atoms with van der Waals surface area (Å²) in [7, 11) is 0. The van der Waals surface area contributed by atoms with E-state index in [0.717, 1.165) is 0 Å². The van der Waals surface area contributed by atoms with Crippen molar-refractivity contribution in [3.63, 3.8) is 0 Å². The molecule has 0 fully saturated rings. The normalized spacial score (nSPS) is 12.8. The fourth-order valence-corrected chi connectivity index (χ4v) is 1.23. The number of carbonyl (C=O) groups is 1. The molecule has 1 aromatic rings. The summed E-state index contributed by atoms with van der Waals surface area (Å²) in [6.07, 6.45) is -5.79. The maximum Gasteiger partial charge on any atom is 0.461 e. The Labute approximate surface area is 94.4 Å². The number of aromatic amines is 1. The molecule has 0 aliphatic heterocycles. The van der Waals surface area contributed by atoms with Crippen LogP contribution in [0, 0.1) is 0 Å². The zero-order chi connectivity index (χ0) is 13.3. The van der Waals surface area contributed by atoms with Crippen molar-refractivity contribution in [2.24, 2.45) is 0 Å². The van der Waals surface area contributed by atoms with Gasteiger partial charge in [0.1, 0.15) is 0 Å². The molecular formula is C6H4F5N3O2S. The van der Waals surface area contributed by atoms with Crippen LogP contribution >= 0.6 is 11.8 Å². The first-order valence-corrected chi connectivity index (χ1v) is 4.85. The van der Waals surface area contributed by atoms with Crippen LogP contribution in [0.1, 0.15) is 5.82 Å². The predicted octanol–water partition coefficient (Wildman–Crippen LogP) is 1.64. The number of carboxylic acid groups (broad SMARTS) is 1. The summed E-state index contributed by atoms with van der Waals surface area (Å²) in [6, 6.07) is 0. The van der Waals surface area contributed by atoms with Crippen LogP contribution in [0.5, 0.6) is 0 Å². The number of aromatic nitrogens is 3. The minimum atomic E-state index is -5.79. The standard InChI is InChI=1S/C6H4F5N3O2S/c7-5(8,6(9,10)11)3-12-4(14-13-3)17-1-2(15)16/h1H2,(H,15,16)(H,12,13,14). The highest BCUT2D eigenvalue weighted by molar-refractivity contribution is 7.99. The van der Waals surface area contributed by atoms with Crippen molar-refractivity contribution in [3.05, 3.63) is 5.82 Å². The van der Waals surface area contributed by atoms with Gasteiger partial charge in [-0.05, 0) is 0 Å². The van der Waals surface area contributed by atoms with E-state index in [1.807, 2.05) is 0 Å². The summed E-state index contributed by atoms with van der Waals surface area (Å²) in [4.78, 5) is 13.0. The third-order valence-electron chi connectivity index (χ3n) is 1.44. The lowest BCUT2D eigenvalue weighted by Crippen LogP contribution is -2.34. The lowest BCUT2D eigenvalue weighted by molar-refractivity contribution is -0.292. The monoisotopic (exact) mass is 277 g/mol. The van der Waals surface area contributed by atoms with Crippen molar-refractivity contribution in [1.82, 2.24) is 15.2 Å². The molecule has 0 bridgehead atoms. The van der Waals surface area contributed by atoms with Gasteiger partial charge in [-0.3, -0.25) is 9.89 Å². The van der Waals surface area contributed by atoms with Gasteiger partial charge in [0.15, 0.2) is 0 Å². The van der Waals surface area contributed by atoms with E-state index in [4.69, 9.17) is 5.11 Å². The lowest BCUT2D eigenvalue weighted by atomic mass is 10.3. The highest BCUT2D eigenvalue weighted by Gasteiger charge is 2.61. The van der Waals surface area contributed by atoms with Crippen LogP contribution in [0.4, 0.5) is 22.0 Å². The van der Waals surface area contributed by atoms with Crippen LogP contribution in [0.25, 0.3) is 0 Å². The Morgan fingerprint density at radius 1 is 1.35 bits per heavy atom. The molecule has 2 N–H and O–H groups in total. The Balaban J connectivity index is 2.84. The van der Waals surface area contributed by atoms with E-state index in [1.165, 1.54) is 5.10 Å². The van der Waals surface area contributed by atoms with Gasteiger partial charge in [-0.2, -0.15) is 26.9 Å². The van der Waals surface area contributed by atoms with Crippen molar-refractivity contribution >= 4 is 17.7 Å². The van der Waals surface area contributed by atoms with Gasteiger partial charge in [0.2, 0.25) is 11.0 Å². The molecule has 0 spiro atoms. The number of thioether (sulfide) groups is 1. The van der Waals surface area contributed by atoms with Crippen molar-refractivity contribution in [2.75, 3.05) is 5.75 Å². The number of carboxylic acids is 1. The maximum absolute atomic E-state index is 12.7. The molecule has 0 unspecified atom stereocenters. The molecule has 5 nitrogen and oxygen atoms in total. The van der Waals surface area contributed by atoms with Crippen LogP contribution in [-0.2, 0) is 10.7 Å². The number of hydrogen-bond acceptors (Lipinski definition) is 4. The van der Waals surface area contributed by atoms with Crippen molar-refractivity contribution in [2.45, 2.75) is 17.3 Å². The first kappa shape index (κ1) is 13.7. The van der Waals surface area contributed by atoms with Crippen molar-refractivity contribution in [1.29, 1.82) is 0 Å². The second-order valence-corrected chi connectivity index (χ2v) is 3.66. The van der Waals surface area contributed by atoms with E-state index in [1.54, 1.807) is 0 Å². The van der Waals surface area contributed by atoms with E-state index in [2.05, 4.69) is 10.1 Å². The number of alkyl halides is 5. The van der Waals surface area contributed by atoms with Gasteiger partial charge in [0.25, 0.3) is 0 Å². The van der Waals surface area contributed by atoms with E-state index < -0.39 is 34.8 Å². The summed E-state index contributed by atoms with van der Waals surface area (Å²) in [5, 5.41) is 12.2. The van der Waals surface area contributed by atoms with Gasteiger partial charge in [-0.25, -0.2) is 0 Å². The number of halogens is 5. The van der Waals surface area contributed by atoms with Gasteiger partial charge in [0.05, 0.1) is 5.75 Å². The minimum absolute atomic E-state index is 0.422. The molecule has 0 saturated heterocycles. The number of nitrogens with zero attached hydrogens (tertiary/aromatic N) is 2. The van der Waals surface area contributed by atoms with Crippen LogP contribution in [0.15, 0.2) is 5.16 Å². The Morgan fingerprint density at radius 2 is 1.94 bits per heavy atom. The Morgan fingerprint density at radius 3 is 2.41 bits per heavy atom. The summed E-state index contributed by atoms with van der Waals surface area (Å²) in [5.74, 6) is -8.64. The van der Waals surface area contributed by atoms with Crippen molar-refractivity contribution in [3.8, 4) is 0 Å². The van der Waals surface area contributed by atoms with Gasteiger partial charge >= 0.3 is 18.1 Å². The number of nitrogens with one attached hydrogen (secondary N) is 1. The number of hydrogen-bond donors (Lipinski definition) is 2. The fraction of sp³-hybridized carbons (Fsp3) is 0.500. The van der Waals surface area contributed by atoms with E-state index in [0.29, 0.717) is 11.8 Å². The molecule has 0 aromatic carbocycles. The summed E-state index contributed by atoms with van der Waals surface area (Å²) >= 11 is 0.422. The highest BCUT2D eigenvalue weighted by Crippen LogP contribution is 2.42. The fourth-order valence-electron chi connectivity index (χ4n) is 0.712. The average molecular weight is 277 g/mol. The predicted molar refractivity (Wildman–Crippen MR) is 44.7 cm³/mol. The smallest absolute Gasteiger partial charge is 0.461 e. The van der Waals surface area contributed by atoms with E-state index >= 15 is 0 Å². The molecule has 11 heteroatoms. The third kappa shape index (κ3) is 3.05. The molecule has 0 radical (unpaired) electrons. The maximum atomic E-state index is 12.7. The Bertz CT molecular complexity index is 418. The molecule has 0 amide bonds. The summed E-state index contributed by atoms with van der Waals surface area (Å²) in [6.45, 7) is 0. The first-order chi connectivity index (χ1) is 7.64. The molecule has 1 aromatic heterocycles. The first-order valence-electron chi connectivity index (χ1n) is 3.86. The number of aliphatic carboxylic acids is 1. The van der Waals surface area contributed by atoms with Crippen LogP contribution in [0.2, 0.25) is 0 Å². The van der Waals surface area contributed by atoms with Crippen LogP contribution < -0.4 is 0 Å². The molecule has 0 aliphatic rings. The SMILES string of the molecule is O=C(O)CSc1n[nH]c(C(F)(F)C(F)(F)F)n1. The van der Waals surface area contributed by atoms with E-state index in [9.17, 15) is 26.7 Å². The number of H-pyrrole nitrogens is 1. The molecule has 96 valence electrons. The number of rotatable bonds is 4. The Hall–Kier alpha value is -1.39. The molecule has 0 aliphatic carbocycles. The van der Waals surface area contributed by atoms with Gasteiger partial charge in [0, 0.05) is 0 Å². The van der Waals surface area contributed by atoms with Gasteiger partial charge in [-0.15, -0.1) is 5.10 Å². The Kier molecular flexibility index (Phi) is 3.59. The van der Waals surface area contributed by atoms with Gasteiger partial charge < -0.3 is 5.11 Å². The molecule has 0 saturated carbocycles. The minimum Gasteiger partial charge on any atom is -0.481 e. The second kappa shape index (κ2) is 4.47. The van der Waals surface area contributed by atoms with Crippen molar-refractivity contribution < 1.29 is 31.9 Å². The molecule has 17 heavy (non-hydrogen) atoms. The topological polar surface area (TPSA) is 78.9 Å². The summed E-state index contributed by atoms with van der Waals surface area (Å²) in [5.41, 5.74) is 0. The highest BCUT2D eigenvalue weighted by atomic mass is 32.2. The van der Waals surface area contributed by atoms with E-state index in [-0.39, 0.29) is 0 Å². The zero-order valence-corrected chi connectivity index (χ0v) is 8.57. The largest absolute Gasteiger partial charge is 0.481 e. The molecule has 0 atom stereocenters. The van der Waals surface area contributed by atoms with Crippen LogP contribution in [-0.4, -0.2) is 38.2 Å². The second-order valence-electron chi connectivity index (χ2n) is 2.72. The van der Waals surface area contributed by atoms with Crippen LogP contribution in [0.3, 0.4) is 0 Å². The third-order valence-corrected chi connectivity index (χ3v) is 2.28. The molecule has 1 heterocycles. The quantitative estimate of drug-likeness (QED) is 0.646. The lowest BCUT2D eigenvalue weighted by Gasteiger charge is -2.15. The average Bonchev–Trinajstić information content (AvgIpc) is 2.61. The molecule has 1 rings (SSSR count). The molecular weight excluding hydrogens is 273 g/mol. The van der Waals surface area contributed by atoms with Gasteiger partial charge in [-0.1, -0.05) is 11.8 Å².